The number of methoxy groups -OCH3 is 1. The SMILES string of the molecule is COC(=O)C(N)CCSCn1nnc2ccccc2c1=O. The number of fused-ring (bicyclic) bond motifs is 1. The van der Waals surface area contributed by atoms with E-state index in [4.69, 9.17) is 5.73 Å². The number of benzene rings is 1. The van der Waals surface area contributed by atoms with Gasteiger partial charge in [0, 0.05) is 0 Å². The molecule has 2 N–H and O–H groups in total. The average molecular weight is 308 g/mol. The van der Waals surface area contributed by atoms with Gasteiger partial charge in [0.2, 0.25) is 0 Å². The second kappa shape index (κ2) is 7.19. The Hall–Kier alpha value is -1.93. The van der Waals surface area contributed by atoms with Gasteiger partial charge in [-0.1, -0.05) is 17.3 Å². The Morgan fingerprint density at radius 1 is 1.48 bits per heavy atom. The van der Waals surface area contributed by atoms with E-state index < -0.39 is 12.0 Å². The molecule has 0 aliphatic heterocycles. The van der Waals surface area contributed by atoms with Crippen molar-refractivity contribution in [3.8, 4) is 0 Å². The van der Waals surface area contributed by atoms with Crippen molar-refractivity contribution in [1.29, 1.82) is 0 Å². The molecule has 0 fully saturated rings. The number of esters is 1. The molecule has 1 aromatic heterocycles. The lowest BCUT2D eigenvalue weighted by Crippen LogP contribution is -2.32. The van der Waals surface area contributed by atoms with Crippen LogP contribution >= 0.6 is 11.8 Å². The van der Waals surface area contributed by atoms with Crippen LogP contribution in [0.2, 0.25) is 0 Å². The van der Waals surface area contributed by atoms with Crippen LogP contribution in [0.5, 0.6) is 0 Å². The maximum Gasteiger partial charge on any atom is 0.322 e. The first-order valence-corrected chi connectivity index (χ1v) is 7.52. The number of rotatable bonds is 6. The maximum atomic E-state index is 12.2. The van der Waals surface area contributed by atoms with E-state index in [9.17, 15) is 9.59 Å². The van der Waals surface area contributed by atoms with Crippen LogP contribution in [-0.2, 0) is 15.4 Å². The summed E-state index contributed by atoms with van der Waals surface area (Å²) < 4.78 is 5.85. The van der Waals surface area contributed by atoms with Crippen molar-refractivity contribution in [2.24, 2.45) is 5.73 Å². The van der Waals surface area contributed by atoms with Crippen molar-refractivity contribution in [2.75, 3.05) is 12.9 Å². The molecule has 1 heterocycles. The summed E-state index contributed by atoms with van der Waals surface area (Å²) in [5, 5.41) is 8.42. The fourth-order valence-electron chi connectivity index (χ4n) is 1.74. The van der Waals surface area contributed by atoms with Gasteiger partial charge in [0.1, 0.15) is 11.6 Å². The minimum atomic E-state index is -0.637. The van der Waals surface area contributed by atoms with Gasteiger partial charge < -0.3 is 10.5 Å². The zero-order valence-corrected chi connectivity index (χ0v) is 12.4. The first-order valence-electron chi connectivity index (χ1n) is 6.37. The molecule has 0 aliphatic carbocycles. The van der Waals surface area contributed by atoms with E-state index in [2.05, 4.69) is 15.0 Å². The number of hydrogen-bond acceptors (Lipinski definition) is 7. The minimum absolute atomic E-state index is 0.176. The fourth-order valence-corrected chi connectivity index (χ4v) is 2.63. The van der Waals surface area contributed by atoms with Gasteiger partial charge in [0.05, 0.1) is 18.4 Å². The molecule has 112 valence electrons. The van der Waals surface area contributed by atoms with Crippen molar-refractivity contribution in [3.63, 3.8) is 0 Å². The van der Waals surface area contributed by atoms with E-state index in [0.29, 0.717) is 29.0 Å². The largest absolute Gasteiger partial charge is 0.468 e. The second-order valence-corrected chi connectivity index (χ2v) is 5.44. The summed E-state index contributed by atoms with van der Waals surface area (Å²) in [6.45, 7) is 0. The monoisotopic (exact) mass is 308 g/mol. The molecule has 0 saturated heterocycles. The highest BCUT2D eigenvalue weighted by Gasteiger charge is 2.13. The van der Waals surface area contributed by atoms with Crippen LogP contribution in [0.15, 0.2) is 29.1 Å². The summed E-state index contributed by atoms with van der Waals surface area (Å²) in [5.41, 5.74) is 6.03. The van der Waals surface area contributed by atoms with E-state index in [-0.39, 0.29) is 5.56 Å². The molecule has 0 spiro atoms. The third kappa shape index (κ3) is 3.79. The third-order valence-corrected chi connectivity index (χ3v) is 3.87. The van der Waals surface area contributed by atoms with Crippen LogP contribution in [0.1, 0.15) is 6.42 Å². The maximum absolute atomic E-state index is 12.2. The zero-order chi connectivity index (χ0) is 15.2. The topological polar surface area (TPSA) is 100 Å². The number of carbonyl (C=O) groups excluding carboxylic acids is 1. The molecular formula is C13H16N4O3S. The van der Waals surface area contributed by atoms with Gasteiger partial charge >= 0.3 is 5.97 Å². The Labute approximate surface area is 125 Å². The number of carbonyl (C=O) groups is 1. The van der Waals surface area contributed by atoms with Crippen LogP contribution in [-0.4, -0.2) is 39.9 Å². The van der Waals surface area contributed by atoms with Crippen molar-refractivity contribution in [3.05, 3.63) is 34.6 Å². The lowest BCUT2D eigenvalue weighted by atomic mass is 10.2. The van der Waals surface area contributed by atoms with Crippen LogP contribution in [0, 0.1) is 0 Å². The normalized spacial score (nSPS) is 12.3. The van der Waals surface area contributed by atoms with E-state index in [1.54, 1.807) is 18.2 Å². The van der Waals surface area contributed by atoms with Gasteiger partial charge in [0.25, 0.3) is 5.56 Å². The predicted octanol–water partition coefficient (Wildman–Crippen LogP) is 0.373. The van der Waals surface area contributed by atoms with E-state index >= 15 is 0 Å². The summed E-state index contributed by atoms with van der Waals surface area (Å²) in [4.78, 5) is 23.3. The molecule has 0 amide bonds. The highest BCUT2D eigenvalue weighted by molar-refractivity contribution is 7.98. The summed E-state index contributed by atoms with van der Waals surface area (Å²) >= 11 is 1.46. The molecule has 0 saturated carbocycles. The van der Waals surface area contributed by atoms with Gasteiger partial charge in [-0.25, -0.2) is 4.68 Å². The fraction of sp³-hybridized carbons (Fsp3) is 0.385. The molecule has 21 heavy (non-hydrogen) atoms. The van der Waals surface area contributed by atoms with Crippen molar-refractivity contribution in [1.82, 2.24) is 15.0 Å². The standard InChI is InChI=1S/C13H16N4O3S/c1-20-13(19)10(14)6-7-21-8-17-12(18)9-4-2-3-5-11(9)15-16-17/h2-5,10H,6-8,14H2,1H3. The molecule has 8 heteroatoms. The number of thioether (sulfide) groups is 1. The number of nitrogens with two attached hydrogens (primary N) is 1. The molecule has 1 unspecified atom stereocenters. The van der Waals surface area contributed by atoms with Gasteiger partial charge in [-0.3, -0.25) is 9.59 Å². The van der Waals surface area contributed by atoms with Crippen LogP contribution in [0.4, 0.5) is 0 Å². The molecule has 1 atom stereocenters. The molecule has 1 aromatic carbocycles. The Morgan fingerprint density at radius 3 is 3.00 bits per heavy atom. The lowest BCUT2D eigenvalue weighted by molar-refractivity contribution is -0.142. The highest BCUT2D eigenvalue weighted by atomic mass is 32.2. The molecule has 2 rings (SSSR count). The average Bonchev–Trinajstić information content (AvgIpc) is 2.52. The molecular weight excluding hydrogens is 292 g/mol. The van der Waals surface area contributed by atoms with Crippen LogP contribution in [0.3, 0.4) is 0 Å². The molecule has 7 nitrogen and oxygen atoms in total. The Morgan fingerprint density at radius 2 is 2.24 bits per heavy atom. The Balaban J connectivity index is 1.94. The van der Waals surface area contributed by atoms with Gasteiger partial charge in [-0.2, -0.15) is 0 Å². The van der Waals surface area contributed by atoms with Crippen LogP contribution < -0.4 is 11.3 Å². The van der Waals surface area contributed by atoms with E-state index in [1.807, 2.05) is 6.07 Å². The molecule has 2 aromatic rings. The summed E-state index contributed by atoms with van der Waals surface area (Å²) in [5.74, 6) is 0.556. The minimum Gasteiger partial charge on any atom is -0.468 e. The number of ether oxygens (including phenoxy) is 1. The summed E-state index contributed by atoms with van der Waals surface area (Å²) in [6.07, 6.45) is 0.479. The Bertz CT molecular complexity index is 688. The number of aromatic nitrogens is 3. The smallest absolute Gasteiger partial charge is 0.322 e. The van der Waals surface area contributed by atoms with Crippen molar-refractivity contribution in [2.45, 2.75) is 18.3 Å². The Kier molecular flexibility index (Phi) is 5.29. The molecule has 0 bridgehead atoms. The molecule has 0 aliphatic rings. The van der Waals surface area contributed by atoms with Gasteiger partial charge in [-0.05, 0) is 24.3 Å². The van der Waals surface area contributed by atoms with Gasteiger partial charge in [0.15, 0.2) is 0 Å². The summed E-state index contributed by atoms with van der Waals surface area (Å²) in [6, 6.07) is 6.43. The first kappa shape index (κ1) is 15.5. The van der Waals surface area contributed by atoms with Crippen molar-refractivity contribution < 1.29 is 9.53 Å². The number of hydrogen-bond donors (Lipinski definition) is 1. The highest BCUT2D eigenvalue weighted by Crippen LogP contribution is 2.08. The predicted molar refractivity (Wildman–Crippen MR) is 80.9 cm³/mol. The van der Waals surface area contributed by atoms with Crippen molar-refractivity contribution >= 4 is 28.6 Å². The lowest BCUT2D eigenvalue weighted by Gasteiger charge is -2.09. The van der Waals surface area contributed by atoms with Crippen LogP contribution in [0.25, 0.3) is 10.9 Å². The zero-order valence-electron chi connectivity index (χ0n) is 11.6. The molecule has 0 radical (unpaired) electrons. The quantitative estimate of drug-likeness (QED) is 0.608. The summed E-state index contributed by atoms with van der Waals surface area (Å²) in [7, 11) is 1.31. The number of nitrogens with zero attached hydrogens (tertiary/aromatic N) is 3. The third-order valence-electron chi connectivity index (χ3n) is 2.92. The van der Waals surface area contributed by atoms with Gasteiger partial charge in [-0.15, -0.1) is 16.9 Å². The van der Waals surface area contributed by atoms with E-state index in [1.165, 1.54) is 23.6 Å². The first-order chi connectivity index (χ1) is 10.1. The second-order valence-electron chi connectivity index (χ2n) is 4.37. The van der Waals surface area contributed by atoms with E-state index in [0.717, 1.165) is 0 Å².